The van der Waals surface area contributed by atoms with Gasteiger partial charge in [0.2, 0.25) is 0 Å². The summed E-state index contributed by atoms with van der Waals surface area (Å²) in [5, 5.41) is 2.59. The van der Waals surface area contributed by atoms with Crippen molar-refractivity contribution in [2.75, 3.05) is 16.8 Å². The molecule has 1 aromatic heterocycles. The summed E-state index contributed by atoms with van der Waals surface area (Å²) in [7, 11) is 0. The largest absolute Gasteiger partial charge is 0.416 e. The molecule has 0 atom stereocenters. The average molecular weight is 383 g/mol. The summed E-state index contributed by atoms with van der Waals surface area (Å²) in [5.74, 6) is -0.478. The highest BCUT2D eigenvalue weighted by molar-refractivity contribution is 6.03. The van der Waals surface area contributed by atoms with Crippen LogP contribution in [0.15, 0.2) is 66.9 Å². The van der Waals surface area contributed by atoms with Crippen molar-refractivity contribution >= 4 is 23.0 Å². The van der Waals surface area contributed by atoms with Crippen molar-refractivity contribution in [2.45, 2.75) is 12.6 Å². The molecule has 4 rings (SSSR count). The molecule has 4 nitrogen and oxygen atoms in total. The molecule has 2 heterocycles. The van der Waals surface area contributed by atoms with E-state index in [1.807, 2.05) is 24.3 Å². The first kappa shape index (κ1) is 18.0. The molecular formula is C21H16F3N3O. The fraction of sp³-hybridized carbons (Fsp3) is 0.143. The Hall–Kier alpha value is -3.35. The lowest BCUT2D eigenvalue weighted by Crippen LogP contribution is -2.17. The molecule has 0 bridgehead atoms. The van der Waals surface area contributed by atoms with E-state index < -0.39 is 17.6 Å². The number of rotatable bonds is 3. The molecule has 0 aliphatic carbocycles. The Morgan fingerprint density at radius 2 is 1.79 bits per heavy atom. The van der Waals surface area contributed by atoms with Crippen LogP contribution in [0.5, 0.6) is 0 Å². The summed E-state index contributed by atoms with van der Waals surface area (Å²) in [6.45, 7) is 0.809. The van der Waals surface area contributed by atoms with E-state index in [-0.39, 0.29) is 11.4 Å². The van der Waals surface area contributed by atoms with Crippen molar-refractivity contribution in [3.8, 4) is 0 Å². The number of halogens is 3. The van der Waals surface area contributed by atoms with Gasteiger partial charge in [-0.15, -0.1) is 0 Å². The molecule has 0 radical (unpaired) electrons. The molecule has 28 heavy (non-hydrogen) atoms. The maximum Gasteiger partial charge on any atom is 0.416 e. The van der Waals surface area contributed by atoms with Crippen LogP contribution in [0.3, 0.4) is 0 Å². The number of pyridine rings is 1. The molecule has 142 valence electrons. The Balaban J connectivity index is 1.53. The van der Waals surface area contributed by atoms with Crippen LogP contribution in [0, 0.1) is 0 Å². The maximum absolute atomic E-state index is 12.6. The van der Waals surface area contributed by atoms with Gasteiger partial charge < -0.3 is 10.2 Å². The molecule has 3 aromatic rings. The van der Waals surface area contributed by atoms with E-state index >= 15 is 0 Å². The third-order valence-electron chi connectivity index (χ3n) is 4.65. The van der Waals surface area contributed by atoms with Crippen LogP contribution < -0.4 is 10.2 Å². The number of anilines is 3. The molecule has 0 spiro atoms. The zero-order valence-electron chi connectivity index (χ0n) is 14.7. The average Bonchev–Trinajstić information content (AvgIpc) is 3.12. The number of carbonyl (C=O) groups excluding carboxylic acids is 1. The molecule has 1 aliphatic heterocycles. The number of aromatic nitrogens is 1. The van der Waals surface area contributed by atoms with Gasteiger partial charge in [0.05, 0.1) is 5.56 Å². The smallest absolute Gasteiger partial charge is 0.341 e. The van der Waals surface area contributed by atoms with Crippen molar-refractivity contribution in [2.24, 2.45) is 0 Å². The van der Waals surface area contributed by atoms with Crippen LogP contribution in [0.25, 0.3) is 0 Å². The van der Waals surface area contributed by atoms with Crippen molar-refractivity contribution < 1.29 is 18.0 Å². The normalized spacial score (nSPS) is 13.3. The topological polar surface area (TPSA) is 45.2 Å². The summed E-state index contributed by atoms with van der Waals surface area (Å²) in [6, 6.07) is 15.9. The summed E-state index contributed by atoms with van der Waals surface area (Å²) in [4.78, 5) is 18.7. The number of nitrogens with one attached hydrogen (secondary N) is 1. The lowest BCUT2D eigenvalue weighted by atomic mass is 10.2. The van der Waals surface area contributed by atoms with Crippen LogP contribution in [0.1, 0.15) is 21.6 Å². The van der Waals surface area contributed by atoms with Gasteiger partial charge in [0.1, 0.15) is 5.69 Å². The maximum atomic E-state index is 12.6. The van der Waals surface area contributed by atoms with Gasteiger partial charge in [-0.3, -0.25) is 9.78 Å². The molecule has 0 fully saturated rings. The first-order valence-electron chi connectivity index (χ1n) is 8.72. The summed E-state index contributed by atoms with van der Waals surface area (Å²) in [6.07, 6.45) is -1.94. The van der Waals surface area contributed by atoms with Crippen molar-refractivity contribution in [1.29, 1.82) is 0 Å². The molecular weight excluding hydrogens is 367 g/mol. The zero-order valence-corrected chi connectivity index (χ0v) is 14.7. The summed E-state index contributed by atoms with van der Waals surface area (Å²) in [5.41, 5.74) is 2.90. The predicted molar refractivity (Wildman–Crippen MR) is 101 cm³/mol. The van der Waals surface area contributed by atoms with E-state index in [9.17, 15) is 18.0 Å². The van der Waals surface area contributed by atoms with E-state index in [4.69, 9.17) is 0 Å². The molecule has 2 aromatic carbocycles. The van der Waals surface area contributed by atoms with Crippen LogP contribution in [-0.2, 0) is 12.6 Å². The fourth-order valence-electron chi connectivity index (χ4n) is 3.26. The highest BCUT2D eigenvalue weighted by Crippen LogP contribution is 2.34. The first-order chi connectivity index (χ1) is 13.4. The predicted octanol–water partition coefficient (Wildman–Crippen LogP) is 5.05. The SMILES string of the molecule is O=C(Nc1ccc(C(F)(F)F)cc1)c1cc(N2CCc3ccccc32)ccn1. The Morgan fingerprint density at radius 1 is 1.04 bits per heavy atom. The van der Waals surface area contributed by atoms with Crippen LogP contribution in [-0.4, -0.2) is 17.4 Å². The van der Waals surface area contributed by atoms with Gasteiger partial charge in [-0.05, 0) is 54.4 Å². The second kappa shape index (κ2) is 6.99. The number of amides is 1. The van der Waals surface area contributed by atoms with Gasteiger partial charge in [-0.1, -0.05) is 18.2 Å². The standard InChI is InChI=1S/C21H16F3N3O/c22-21(23,24)15-5-7-16(8-6-15)26-20(28)18-13-17(9-11-25-18)27-12-10-14-3-1-2-4-19(14)27/h1-9,11,13H,10,12H2,(H,26,28). The Labute approximate surface area is 159 Å². The van der Waals surface area contributed by atoms with Crippen LogP contribution in [0.2, 0.25) is 0 Å². The molecule has 0 unspecified atom stereocenters. The third kappa shape index (κ3) is 3.55. The van der Waals surface area contributed by atoms with E-state index in [0.29, 0.717) is 0 Å². The summed E-state index contributed by atoms with van der Waals surface area (Å²) >= 11 is 0. The number of alkyl halides is 3. The van der Waals surface area contributed by atoms with E-state index in [1.54, 1.807) is 12.3 Å². The molecule has 7 heteroatoms. The minimum atomic E-state index is -4.41. The molecule has 0 saturated carbocycles. The lowest BCUT2D eigenvalue weighted by Gasteiger charge is -2.20. The number of hydrogen-bond acceptors (Lipinski definition) is 3. The second-order valence-corrected chi connectivity index (χ2v) is 6.46. The minimum Gasteiger partial charge on any atom is -0.341 e. The Kier molecular flexibility index (Phi) is 4.50. The Morgan fingerprint density at radius 3 is 2.54 bits per heavy atom. The monoisotopic (exact) mass is 383 g/mol. The van der Waals surface area contributed by atoms with Crippen LogP contribution >= 0.6 is 0 Å². The van der Waals surface area contributed by atoms with Gasteiger partial charge in [0.25, 0.3) is 5.91 Å². The van der Waals surface area contributed by atoms with E-state index in [1.165, 1.54) is 17.7 Å². The first-order valence-corrected chi connectivity index (χ1v) is 8.72. The number of para-hydroxylation sites is 1. The lowest BCUT2D eigenvalue weighted by molar-refractivity contribution is -0.137. The number of hydrogen-bond donors (Lipinski definition) is 1. The van der Waals surface area contributed by atoms with Crippen molar-refractivity contribution in [1.82, 2.24) is 4.98 Å². The third-order valence-corrected chi connectivity index (χ3v) is 4.65. The number of nitrogens with zero attached hydrogens (tertiary/aromatic N) is 2. The minimum absolute atomic E-state index is 0.196. The quantitative estimate of drug-likeness (QED) is 0.689. The van der Waals surface area contributed by atoms with Gasteiger partial charge in [-0.2, -0.15) is 13.2 Å². The van der Waals surface area contributed by atoms with E-state index in [0.717, 1.165) is 36.5 Å². The van der Waals surface area contributed by atoms with Crippen molar-refractivity contribution in [3.05, 3.63) is 83.7 Å². The van der Waals surface area contributed by atoms with Gasteiger partial charge in [0, 0.05) is 29.8 Å². The highest BCUT2D eigenvalue weighted by Gasteiger charge is 2.30. The number of benzene rings is 2. The Bertz CT molecular complexity index is 1020. The molecule has 0 saturated heterocycles. The number of fused-ring (bicyclic) bond motifs is 1. The van der Waals surface area contributed by atoms with Crippen molar-refractivity contribution in [3.63, 3.8) is 0 Å². The van der Waals surface area contributed by atoms with Gasteiger partial charge in [-0.25, -0.2) is 0 Å². The van der Waals surface area contributed by atoms with Gasteiger partial charge >= 0.3 is 6.18 Å². The van der Waals surface area contributed by atoms with Gasteiger partial charge in [0.15, 0.2) is 0 Å². The second-order valence-electron chi connectivity index (χ2n) is 6.46. The summed E-state index contributed by atoms with van der Waals surface area (Å²) < 4.78 is 37.9. The zero-order chi connectivity index (χ0) is 19.7. The highest BCUT2D eigenvalue weighted by atomic mass is 19.4. The molecule has 1 aliphatic rings. The van der Waals surface area contributed by atoms with Crippen LogP contribution in [0.4, 0.5) is 30.2 Å². The fourth-order valence-corrected chi connectivity index (χ4v) is 3.26. The molecule has 1 amide bonds. The van der Waals surface area contributed by atoms with E-state index in [2.05, 4.69) is 21.3 Å². The molecule has 1 N–H and O–H groups in total. The number of carbonyl (C=O) groups is 1.